The van der Waals surface area contributed by atoms with Crippen molar-refractivity contribution in [1.29, 1.82) is 0 Å². The van der Waals surface area contributed by atoms with Gasteiger partial charge in [0.25, 0.3) is 5.78 Å². The van der Waals surface area contributed by atoms with Gasteiger partial charge in [-0.25, -0.2) is 4.98 Å². The number of thiophene rings is 1. The van der Waals surface area contributed by atoms with Gasteiger partial charge in [0.2, 0.25) is 11.0 Å². The maximum absolute atomic E-state index is 13.9. The molecule has 0 bridgehead atoms. The first kappa shape index (κ1) is 25.1. The number of carbonyl (C=O) groups excluding carboxylic acids is 1. The average Bonchev–Trinajstić information content (AvgIpc) is 3.56. The summed E-state index contributed by atoms with van der Waals surface area (Å²) in [4.78, 5) is 19.5. The standard InChI is InChI=1S/C30H22N4O5S/c1-37-22-14-13-18(15-23(22)38-2)20-16-21(17-9-5-3-6-10-17)32-29-24(20)25(31)28(40-29)27(35)26-30(36)39-33-34(26)19-11-7-4-8-12-19/h3-16H,1-2H3,(H2-,31,33,35,36)/p+1. The zero-order chi connectivity index (χ0) is 27.8. The summed E-state index contributed by atoms with van der Waals surface area (Å²) >= 11 is 1.14. The van der Waals surface area contributed by atoms with Gasteiger partial charge < -0.3 is 20.3 Å². The normalized spacial score (nSPS) is 11.1. The Morgan fingerprint density at radius 1 is 0.925 bits per heavy atom. The van der Waals surface area contributed by atoms with Crippen molar-refractivity contribution in [3.8, 4) is 45.5 Å². The number of ether oxygens (including phenoxy) is 2. The lowest BCUT2D eigenvalue weighted by Gasteiger charge is -2.12. The summed E-state index contributed by atoms with van der Waals surface area (Å²) in [6.45, 7) is 0. The van der Waals surface area contributed by atoms with Gasteiger partial charge >= 0.3 is 11.6 Å². The van der Waals surface area contributed by atoms with Gasteiger partial charge in [0.15, 0.2) is 11.5 Å². The Bertz CT molecular complexity index is 1870. The Kier molecular flexibility index (Phi) is 6.37. The second-order valence-corrected chi connectivity index (χ2v) is 9.82. The summed E-state index contributed by atoms with van der Waals surface area (Å²) in [5.41, 5.74) is 10.5. The van der Waals surface area contributed by atoms with Crippen LogP contribution in [-0.2, 0) is 0 Å². The molecule has 3 N–H and O–H groups in total. The highest BCUT2D eigenvalue weighted by atomic mass is 32.1. The number of nitrogens with zero attached hydrogens (tertiary/aromatic N) is 3. The predicted octanol–water partition coefficient (Wildman–Crippen LogP) is 5.43. The minimum atomic E-state index is -0.608. The van der Waals surface area contributed by atoms with Crippen LogP contribution in [0.1, 0.15) is 15.4 Å². The number of benzene rings is 3. The Balaban J connectivity index is 1.58. The molecule has 0 unspecified atom stereocenters. The fraction of sp³-hybridized carbons (Fsp3) is 0.0667. The number of aromatic nitrogens is 3. The third-order valence-corrected chi connectivity index (χ3v) is 7.61. The third-order valence-electron chi connectivity index (χ3n) is 6.51. The molecular formula is C30H23N4O5S+. The molecule has 0 spiro atoms. The fourth-order valence-electron chi connectivity index (χ4n) is 4.58. The fourth-order valence-corrected chi connectivity index (χ4v) is 5.64. The van der Waals surface area contributed by atoms with E-state index in [4.69, 9.17) is 24.7 Å². The van der Waals surface area contributed by atoms with E-state index >= 15 is 0 Å². The van der Waals surface area contributed by atoms with Gasteiger partial charge in [-0.1, -0.05) is 54.6 Å². The van der Waals surface area contributed by atoms with E-state index in [1.807, 2.05) is 60.7 Å². The second kappa shape index (κ2) is 10.2. The van der Waals surface area contributed by atoms with Gasteiger partial charge in [-0.2, -0.15) is 0 Å². The molecule has 198 valence electrons. The maximum atomic E-state index is 13.9. The van der Waals surface area contributed by atoms with Crippen LogP contribution in [-0.4, -0.2) is 35.4 Å². The second-order valence-electron chi connectivity index (χ2n) is 8.82. The van der Waals surface area contributed by atoms with Crippen LogP contribution in [0.4, 0.5) is 5.69 Å². The molecule has 3 aromatic carbocycles. The van der Waals surface area contributed by atoms with Crippen molar-refractivity contribution < 1.29 is 28.6 Å². The molecule has 0 radical (unpaired) electrons. The number of carbonyl (C=O) groups is 1. The summed E-state index contributed by atoms with van der Waals surface area (Å²) < 4.78 is 17.2. The molecule has 0 aliphatic rings. The van der Waals surface area contributed by atoms with Gasteiger partial charge in [-0.3, -0.25) is 9.32 Å². The van der Waals surface area contributed by atoms with E-state index in [0.717, 1.165) is 28.0 Å². The summed E-state index contributed by atoms with van der Waals surface area (Å²) in [5.74, 6) is -0.0107. The lowest BCUT2D eigenvalue weighted by molar-refractivity contribution is -0.672. The first-order valence-electron chi connectivity index (χ1n) is 12.2. The Labute approximate surface area is 232 Å². The average molecular weight is 552 g/mol. The van der Waals surface area contributed by atoms with E-state index in [9.17, 15) is 9.90 Å². The maximum Gasteiger partial charge on any atom is 0.393 e. The number of aromatic hydroxyl groups is 1. The van der Waals surface area contributed by atoms with Crippen LogP contribution in [0.2, 0.25) is 0 Å². The number of ketones is 1. The quantitative estimate of drug-likeness (QED) is 0.199. The lowest BCUT2D eigenvalue weighted by atomic mass is 9.98. The van der Waals surface area contributed by atoms with Gasteiger partial charge in [0, 0.05) is 27.8 Å². The number of nitrogen functional groups attached to an aromatic ring is 1. The van der Waals surface area contributed by atoms with E-state index < -0.39 is 11.7 Å². The van der Waals surface area contributed by atoms with Crippen molar-refractivity contribution in [2.24, 2.45) is 0 Å². The minimum Gasteiger partial charge on any atom is -0.493 e. The van der Waals surface area contributed by atoms with Crippen LogP contribution < -0.4 is 19.9 Å². The van der Waals surface area contributed by atoms with Crippen molar-refractivity contribution in [3.63, 3.8) is 0 Å². The zero-order valence-corrected chi connectivity index (χ0v) is 22.3. The van der Waals surface area contributed by atoms with Crippen molar-refractivity contribution in [3.05, 3.63) is 95.5 Å². The molecule has 6 aromatic rings. The molecule has 0 aliphatic carbocycles. The third kappa shape index (κ3) is 4.20. The van der Waals surface area contributed by atoms with E-state index in [-0.39, 0.29) is 16.3 Å². The largest absolute Gasteiger partial charge is 0.493 e. The molecule has 10 heteroatoms. The highest BCUT2D eigenvalue weighted by Gasteiger charge is 2.37. The monoisotopic (exact) mass is 551 g/mol. The highest BCUT2D eigenvalue weighted by molar-refractivity contribution is 7.21. The number of pyridine rings is 1. The molecule has 0 atom stereocenters. The molecule has 3 aromatic heterocycles. The molecule has 6 rings (SSSR count). The van der Waals surface area contributed by atoms with Gasteiger partial charge in [0.1, 0.15) is 9.71 Å². The highest BCUT2D eigenvalue weighted by Crippen LogP contribution is 2.44. The summed E-state index contributed by atoms with van der Waals surface area (Å²) in [6.07, 6.45) is 0. The number of anilines is 1. The molecule has 3 heterocycles. The molecule has 0 aliphatic heterocycles. The van der Waals surface area contributed by atoms with E-state index in [1.54, 1.807) is 38.5 Å². The van der Waals surface area contributed by atoms with Gasteiger partial charge in [-0.05, 0) is 29.3 Å². The minimum absolute atomic E-state index is 0.139. The summed E-state index contributed by atoms with van der Waals surface area (Å²) in [7, 11) is 3.15. The van der Waals surface area contributed by atoms with Crippen LogP contribution in [0.5, 0.6) is 17.4 Å². The number of hydrogen-bond acceptors (Lipinski definition) is 9. The number of methoxy groups -OCH3 is 2. The topological polar surface area (TPSA) is 125 Å². The first-order chi connectivity index (χ1) is 19.5. The van der Waals surface area contributed by atoms with E-state index in [1.165, 1.54) is 4.68 Å². The summed E-state index contributed by atoms with van der Waals surface area (Å²) in [6, 6.07) is 26.2. The van der Waals surface area contributed by atoms with Gasteiger partial charge in [0.05, 0.1) is 25.6 Å². The molecule has 0 amide bonds. The van der Waals surface area contributed by atoms with Crippen molar-refractivity contribution in [2.45, 2.75) is 0 Å². The smallest absolute Gasteiger partial charge is 0.393 e. The lowest BCUT2D eigenvalue weighted by Crippen LogP contribution is -2.38. The molecule has 0 fully saturated rings. The molecule has 9 nitrogen and oxygen atoms in total. The number of rotatable bonds is 7. The van der Waals surface area contributed by atoms with Crippen LogP contribution >= 0.6 is 11.3 Å². The van der Waals surface area contributed by atoms with Crippen LogP contribution in [0, 0.1) is 0 Å². The van der Waals surface area contributed by atoms with Crippen molar-refractivity contribution in [1.82, 2.24) is 10.3 Å². The number of para-hydroxylation sites is 1. The van der Waals surface area contributed by atoms with Gasteiger partial charge in [-0.15, -0.1) is 11.3 Å². The van der Waals surface area contributed by atoms with Crippen LogP contribution in [0.15, 0.2) is 89.5 Å². The molecule has 0 saturated heterocycles. The van der Waals surface area contributed by atoms with Crippen molar-refractivity contribution >= 4 is 33.0 Å². The number of hydrogen-bond donors (Lipinski definition) is 2. The van der Waals surface area contributed by atoms with Crippen LogP contribution in [0.3, 0.4) is 0 Å². The summed E-state index contributed by atoms with van der Waals surface area (Å²) in [5, 5.41) is 15.0. The molecular weight excluding hydrogens is 528 g/mol. The molecule has 0 saturated carbocycles. The van der Waals surface area contributed by atoms with E-state index in [2.05, 4.69) is 5.27 Å². The number of fused-ring (bicyclic) bond motifs is 1. The zero-order valence-electron chi connectivity index (χ0n) is 21.5. The Morgan fingerprint density at radius 2 is 1.62 bits per heavy atom. The number of nitrogens with two attached hydrogens (primary N) is 1. The van der Waals surface area contributed by atoms with Crippen molar-refractivity contribution in [2.75, 3.05) is 20.0 Å². The van der Waals surface area contributed by atoms with E-state index in [0.29, 0.717) is 33.1 Å². The predicted molar refractivity (Wildman–Crippen MR) is 151 cm³/mol. The Morgan fingerprint density at radius 3 is 2.33 bits per heavy atom. The Hall–Kier alpha value is -5.22. The molecule has 40 heavy (non-hydrogen) atoms. The SMILES string of the molecule is COc1ccc(-c2cc(-c3ccccc3)nc3sc(C(=O)c4c(O)on[n+]4-c4ccccc4)c(N)c23)cc1OC. The van der Waals surface area contributed by atoms with Crippen LogP contribution in [0.25, 0.3) is 38.3 Å². The first-order valence-corrected chi connectivity index (χ1v) is 13.0.